The molecule has 1 N–H and O–H groups in total. The lowest BCUT2D eigenvalue weighted by atomic mass is 10.1. The monoisotopic (exact) mass is 581 g/mol. The van der Waals surface area contributed by atoms with Gasteiger partial charge in [0.05, 0.1) is 17.6 Å². The van der Waals surface area contributed by atoms with Gasteiger partial charge in [0.1, 0.15) is 11.4 Å². The molecule has 2 aromatic carbocycles. The lowest BCUT2D eigenvalue weighted by Gasteiger charge is -2.27. The number of benzene rings is 2. The van der Waals surface area contributed by atoms with Crippen LogP contribution in [0.2, 0.25) is 0 Å². The van der Waals surface area contributed by atoms with E-state index >= 15 is 0 Å². The van der Waals surface area contributed by atoms with E-state index in [1.54, 1.807) is 0 Å². The summed E-state index contributed by atoms with van der Waals surface area (Å²) in [6.45, 7) is 20.6. The molecule has 7 heteroatoms. The van der Waals surface area contributed by atoms with Gasteiger partial charge in [0.2, 0.25) is 0 Å². The van der Waals surface area contributed by atoms with Gasteiger partial charge in [-0.15, -0.1) is 0 Å². The Morgan fingerprint density at radius 3 is 2.38 bits per heavy atom. The number of nitrogens with one attached hydrogen (secondary N) is 1. The smallest absolute Gasteiger partial charge is 0.410 e. The molecule has 3 aromatic rings. The average molecular weight is 582 g/mol. The van der Waals surface area contributed by atoms with Crippen molar-refractivity contribution in [2.45, 2.75) is 106 Å². The highest BCUT2D eigenvalue weighted by Crippen LogP contribution is 2.17. The third-order valence-electron chi connectivity index (χ3n) is 6.23. The van der Waals surface area contributed by atoms with Gasteiger partial charge in [-0.3, -0.25) is 4.79 Å². The molecule has 3 rings (SSSR count). The van der Waals surface area contributed by atoms with Crippen LogP contribution >= 0.6 is 0 Å². The molecule has 0 atom stereocenters. The number of carbonyl (C=O) groups is 2. The minimum Gasteiger partial charge on any atom is -0.494 e. The van der Waals surface area contributed by atoms with Gasteiger partial charge in [-0.25, -0.2) is 9.78 Å². The molecule has 0 aliphatic rings. The van der Waals surface area contributed by atoms with Crippen molar-refractivity contribution in [2.75, 3.05) is 19.7 Å². The van der Waals surface area contributed by atoms with E-state index in [1.807, 2.05) is 57.7 Å². The van der Waals surface area contributed by atoms with Gasteiger partial charge in [0.15, 0.2) is 12.1 Å². The summed E-state index contributed by atoms with van der Waals surface area (Å²) in [5.74, 6) is 1.95. The SMILES string of the molecule is CC.CCCN(CCC(C)C)C(=O)OC(C)(C)C.CCc1cccc(OCCCCc2ccc3nc(C=O)[nH]c3c2)c1. The number of carbonyl (C=O) groups excluding carboxylic acids is 2. The lowest BCUT2D eigenvalue weighted by molar-refractivity contribution is 0.0242. The minimum absolute atomic E-state index is 0.185. The Balaban J connectivity index is 0.000000430. The van der Waals surface area contributed by atoms with Crippen LogP contribution < -0.4 is 4.74 Å². The summed E-state index contributed by atoms with van der Waals surface area (Å²) in [5, 5.41) is 0. The van der Waals surface area contributed by atoms with Crippen molar-refractivity contribution in [3.63, 3.8) is 0 Å². The van der Waals surface area contributed by atoms with Gasteiger partial charge >= 0.3 is 6.09 Å². The van der Waals surface area contributed by atoms with Crippen LogP contribution in [-0.2, 0) is 17.6 Å². The van der Waals surface area contributed by atoms with E-state index in [4.69, 9.17) is 9.47 Å². The van der Waals surface area contributed by atoms with Gasteiger partial charge in [-0.1, -0.05) is 59.7 Å². The number of aryl methyl sites for hydroxylation is 2. The van der Waals surface area contributed by atoms with Gasteiger partial charge in [-0.05, 0) is 101 Å². The number of ether oxygens (including phenoxy) is 2. The topological polar surface area (TPSA) is 84.5 Å². The van der Waals surface area contributed by atoms with Crippen molar-refractivity contribution in [3.05, 3.63) is 59.4 Å². The molecule has 1 heterocycles. The van der Waals surface area contributed by atoms with Crippen LogP contribution in [0.5, 0.6) is 5.75 Å². The third-order valence-corrected chi connectivity index (χ3v) is 6.23. The molecule has 7 nitrogen and oxygen atoms in total. The van der Waals surface area contributed by atoms with Crippen LogP contribution in [0.15, 0.2) is 42.5 Å². The van der Waals surface area contributed by atoms with Crippen molar-refractivity contribution in [2.24, 2.45) is 5.92 Å². The second-order valence-corrected chi connectivity index (χ2v) is 11.5. The average Bonchev–Trinajstić information content (AvgIpc) is 3.38. The van der Waals surface area contributed by atoms with E-state index in [1.165, 1.54) is 11.1 Å². The number of aromatic amines is 1. The Hall–Kier alpha value is -3.35. The molecular weight excluding hydrogens is 526 g/mol. The maximum atomic E-state index is 11.9. The second kappa shape index (κ2) is 19.7. The first-order valence-electron chi connectivity index (χ1n) is 15.7. The zero-order chi connectivity index (χ0) is 31.5. The summed E-state index contributed by atoms with van der Waals surface area (Å²) in [6, 6.07) is 14.4. The first kappa shape index (κ1) is 36.7. The standard InChI is InChI=1S/C20H22N2O2.C13H27NO2.C2H6/c1-2-15-7-5-8-17(12-15)24-11-4-3-6-16-9-10-18-19(13-16)22-20(14-23)21-18;1-7-9-14(10-8-11(2)3)12(15)16-13(4,5)6;1-2/h5,7-10,12-14H,2-4,6,11H2,1H3,(H,21,22);11H,7-10H2,1-6H3;1-2H3. The largest absolute Gasteiger partial charge is 0.494 e. The predicted octanol–water partition coefficient (Wildman–Crippen LogP) is 9.05. The number of amides is 1. The van der Waals surface area contributed by atoms with Crippen LogP contribution in [0, 0.1) is 5.92 Å². The van der Waals surface area contributed by atoms with Gasteiger partial charge in [-0.2, -0.15) is 0 Å². The summed E-state index contributed by atoms with van der Waals surface area (Å²) >= 11 is 0. The fourth-order valence-corrected chi connectivity index (χ4v) is 4.07. The quantitative estimate of drug-likeness (QED) is 0.161. The number of imidazole rings is 1. The molecule has 0 radical (unpaired) electrons. The van der Waals surface area contributed by atoms with Crippen LogP contribution in [-0.4, -0.2) is 52.5 Å². The second-order valence-electron chi connectivity index (χ2n) is 11.5. The van der Waals surface area contributed by atoms with Gasteiger partial charge in [0, 0.05) is 13.1 Å². The first-order chi connectivity index (χ1) is 20.0. The lowest BCUT2D eigenvalue weighted by Crippen LogP contribution is -2.38. The Morgan fingerprint density at radius 1 is 1.02 bits per heavy atom. The molecule has 0 bridgehead atoms. The van der Waals surface area contributed by atoms with Gasteiger partial charge in [0.25, 0.3) is 0 Å². The third kappa shape index (κ3) is 14.5. The summed E-state index contributed by atoms with van der Waals surface area (Å²) < 4.78 is 11.2. The minimum atomic E-state index is -0.402. The number of unbranched alkanes of at least 4 members (excludes halogenated alkanes) is 1. The Kier molecular flexibility index (Phi) is 17.2. The molecule has 0 saturated carbocycles. The molecule has 0 aliphatic heterocycles. The highest BCUT2D eigenvalue weighted by atomic mass is 16.6. The van der Waals surface area contributed by atoms with Crippen molar-refractivity contribution < 1.29 is 19.1 Å². The Labute approximate surface area is 254 Å². The molecule has 0 fully saturated rings. The zero-order valence-corrected chi connectivity index (χ0v) is 27.6. The van der Waals surface area contributed by atoms with E-state index in [9.17, 15) is 9.59 Å². The van der Waals surface area contributed by atoms with Crippen molar-refractivity contribution in [1.29, 1.82) is 0 Å². The van der Waals surface area contributed by atoms with Crippen LogP contribution in [0.25, 0.3) is 11.0 Å². The summed E-state index contributed by atoms with van der Waals surface area (Å²) in [6.07, 6.45) is 6.64. The molecule has 0 unspecified atom stereocenters. The van der Waals surface area contributed by atoms with Crippen LogP contribution in [0.1, 0.15) is 110 Å². The Bertz CT molecular complexity index is 1180. The molecule has 0 spiro atoms. The molecule has 1 amide bonds. The number of aldehydes is 1. The van der Waals surface area contributed by atoms with E-state index in [0.29, 0.717) is 11.7 Å². The fourth-order valence-electron chi connectivity index (χ4n) is 4.07. The van der Waals surface area contributed by atoms with Crippen molar-refractivity contribution in [1.82, 2.24) is 14.9 Å². The number of hydrogen-bond donors (Lipinski definition) is 1. The summed E-state index contributed by atoms with van der Waals surface area (Å²) in [7, 11) is 0. The maximum absolute atomic E-state index is 11.9. The number of nitrogens with zero attached hydrogens (tertiary/aromatic N) is 2. The van der Waals surface area contributed by atoms with E-state index < -0.39 is 5.60 Å². The predicted molar refractivity (Wildman–Crippen MR) is 175 cm³/mol. The number of fused-ring (bicyclic) bond motifs is 1. The maximum Gasteiger partial charge on any atom is 0.410 e. The number of hydrogen-bond acceptors (Lipinski definition) is 5. The van der Waals surface area contributed by atoms with Crippen molar-refractivity contribution >= 4 is 23.4 Å². The highest BCUT2D eigenvalue weighted by Gasteiger charge is 2.21. The first-order valence-corrected chi connectivity index (χ1v) is 15.7. The van der Waals surface area contributed by atoms with E-state index in [2.05, 4.69) is 61.9 Å². The summed E-state index contributed by atoms with van der Waals surface area (Å²) in [4.78, 5) is 31.6. The molecule has 0 saturated heterocycles. The Morgan fingerprint density at radius 2 is 1.76 bits per heavy atom. The fraction of sp³-hybridized carbons (Fsp3) is 0.571. The molecule has 234 valence electrons. The number of rotatable bonds is 13. The van der Waals surface area contributed by atoms with E-state index in [0.717, 1.165) is 81.3 Å². The van der Waals surface area contributed by atoms with Crippen LogP contribution in [0.3, 0.4) is 0 Å². The normalized spacial score (nSPS) is 10.8. The molecule has 42 heavy (non-hydrogen) atoms. The highest BCUT2D eigenvalue weighted by molar-refractivity contribution is 5.82. The number of H-pyrrole nitrogens is 1. The van der Waals surface area contributed by atoms with E-state index in [-0.39, 0.29) is 6.09 Å². The van der Waals surface area contributed by atoms with Crippen molar-refractivity contribution in [3.8, 4) is 5.75 Å². The van der Waals surface area contributed by atoms with Gasteiger partial charge < -0.3 is 19.4 Å². The zero-order valence-electron chi connectivity index (χ0n) is 27.6. The summed E-state index contributed by atoms with van der Waals surface area (Å²) in [5.41, 5.74) is 3.90. The molecule has 0 aliphatic carbocycles. The molecule has 1 aromatic heterocycles. The van der Waals surface area contributed by atoms with Crippen LogP contribution in [0.4, 0.5) is 4.79 Å². The molecular formula is C35H55N3O4. The number of aromatic nitrogens is 2.